The molecule has 3 atom stereocenters. The van der Waals surface area contributed by atoms with Gasteiger partial charge in [0.15, 0.2) is 6.10 Å². The van der Waals surface area contributed by atoms with Crippen molar-refractivity contribution in [1.82, 2.24) is 0 Å². The standard InChI is InChI=1S/C20H13ClO5/c21-11-8-7-10-15(16(11)22)17(23)18-19(24-18)20(10)25-12-5-1-3-9-4-2-6-13(26-20)14(9)12/h1-8,17-19,22-23H/t17-,18-,19-/m1/s1. The van der Waals surface area contributed by atoms with E-state index in [0.717, 1.165) is 10.8 Å². The van der Waals surface area contributed by atoms with Crippen LogP contribution < -0.4 is 9.47 Å². The smallest absolute Gasteiger partial charge is 0.307 e. The molecule has 26 heavy (non-hydrogen) atoms. The predicted molar refractivity (Wildman–Crippen MR) is 93.6 cm³/mol. The summed E-state index contributed by atoms with van der Waals surface area (Å²) < 4.78 is 18.4. The maximum Gasteiger partial charge on any atom is 0.307 e. The molecule has 0 amide bonds. The van der Waals surface area contributed by atoms with Crippen molar-refractivity contribution in [3.63, 3.8) is 0 Å². The zero-order valence-corrected chi connectivity index (χ0v) is 14.1. The van der Waals surface area contributed by atoms with Crippen LogP contribution in [0, 0.1) is 0 Å². The van der Waals surface area contributed by atoms with E-state index < -0.39 is 24.1 Å². The van der Waals surface area contributed by atoms with E-state index in [1.165, 1.54) is 0 Å². The van der Waals surface area contributed by atoms with Gasteiger partial charge in [-0.15, -0.1) is 0 Å². The molecule has 1 saturated heterocycles. The van der Waals surface area contributed by atoms with Gasteiger partial charge in [0, 0.05) is 11.1 Å². The second-order valence-corrected chi connectivity index (χ2v) is 7.21. The van der Waals surface area contributed by atoms with E-state index in [2.05, 4.69) is 0 Å². The van der Waals surface area contributed by atoms with Gasteiger partial charge in [0.25, 0.3) is 0 Å². The predicted octanol–water partition coefficient (Wildman–Crippen LogP) is 3.64. The third-order valence-electron chi connectivity index (χ3n) is 5.40. The van der Waals surface area contributed by atoms with E-state index in [-0.39, 0.29) is 10.8 Å². The third kappa shape index (κ3) is 1.63. The van der Waals surface area contributed by atoms with E-state index in [1.54, 1.807) is 12.1 Å². The Kier molecular flexibility index (Phi) is 2.61. The number of aromatic hydroxyl groups is 1. The molecule has 3 aromatic carbocycles. The highest BCUT2D eigenvalue weighted by molar-refractivity contribution is 6.32. The third-order valence-corrected chi connectivity index (χ3v) is 5.71. The van der Waals surface area contributed by atoms with E-state index in [1.807, 2.05) is 36.4 Å². The first-order valence-electron chi connectivity index (χ1n) is 8.35. The first-order chi connectivity index (χ1) is 12.6. The number of halogens is 1. The van der Waals surface area contributed by atoms with E-state index in [9.17, 15) is 10.2 Å². The van der Waals surface area contributed by atoms with Gasteiger partial charge in [-0.3, -0.25) is 0 Å². The van der Waals surface area contributed by atoms with E-state index in [4.69, 9.17) is 25.8 Å². The van der Waals surface area contributed by atoms with Gasteiger partial charge in [0.05, 0.1) is 10.4 Å². The fourth-order valence-electron chi connectivity index (χ4n) is 4.19. The zero-order valence-electron chi connectivity index (χ0n) is 13.3. The summed E-state index contributed by atoms with van der Waals surface area (Å²) in [5.74, 6) is -0.0933. The number of aliphatic hydroxyl groups is 1. The average molecular weight is 369 g/mol. The molecule has 1 fully saturated rings. The van der Waals surface area contributed by atoms with Gasteiger partial charge in [-0.05, 0) is 29.7 Å². The van der Waals surface area contributed by atoms with Crippen LogP contribution in [0.1, 0.15) is 17.2 Å². The van der Waals surface area contributed by atoms with Crippen molar-refractivity contribution in [2.24, 2.45) is 0 Å². The molecule has 130 valence electrons. The first kappa shape index (κ1) is 14.7. The Labute approximate surface area is 153 Å². The van der Waals surface area contributed by atoms with Gasteiger partial charge in [-0.1, -0.05) is 35.9 Å². The number of hydrogen-bond acceptors (Lipinski definition) is 5. The summed E-state index contributed by atoms with van der Waals surface area (Å²) in [5.41, 5.74) is 0.819. The van der Waals surface area contributed by atoms with Crippen LogP contribution in [0.25, 0.3) is 10.8 Å². The molecule has 6 rings (SSSR count). The summed E-state index contributed by atoms with van der Waals surface area (Å²) in [5, 5.41) is 23.1. The summed E-state index contributed by atoms with van der Waals surface area (Å²) in [7, 11) is 0. The molecule has 1 spiro atoms. The lowest BCUT2D eigenvalue weighted by Gasteiger charge is -2.41. The van der Waals surface area contributed by atoms with Gasteiger partial charge >= 0.3 is 5.79 Å². The van der Waals surface area contributed by atoms with Crippen LogP contribution in [0.15, 0.2) is 48.5 Å². The van der Waals surface area contributed by atoms with Crippen LogP contribution in [0.3, 0.4) is 0 Å². The highest BCUT2D eigenvalue weighted by Gasteiger charge is 2.69. The summed E-state index contributed by atoms with van der Waals surface area (Å²) in [6, 6.07) is 14.9. The normalized spacial score (nSPS) is 26.6. The molecule has 1 aliphatic carbocycles. The Morgan fingerprint density at radius 3 is 2.35 bits per heavy atom. The quantitative estimate of drug-likeness (QED) is 0.593. The average Bonchev–Trinajstić information content (AvgIpc) is 3.45. The highest BCUT2D eigenvalue weighted by Crippen LogP contribution is 2.59. The van der Waals surface area contributed by atoms with Crippen LogP contribution in [-0.2, 0) is 10.5 Å². The lowest BCUT2D eigenvalue weighted by molar-refractivity contribution is -0.148. The van der Waals surface area contributed by atoms with Crippen molar-refractivity contribution in [3.8, 4) is 17.2 Å². The molecule has 0 bridgehead atoms. The van der Waals surface area contributed by atoms with E-state index >= 15 is 0 Å². The molecule has 0 unspecified atom stereocenters. The highest BCUT2D eigenvalue weighted by atomic mass is 35.5. The summed E-state index contributed by atoms with van der Waals surface area (Å²) in [4.78, 5) is 0. The molecule has 0 saturated carbocycles. The Balaban J connectivity index is 1.63. The number of hydrogen-bond donors (Lipinski definition) is 2. The number of epoxide rings is 1. The van der Waals surface area contributed by atoms with Crippen molar-refractivity contribution in [3.05, 3.63) is 64.7 Å². The number of phenols is 1. The molecule has 3 aromatic rings. The van der Waals surface area contributed by atoms with Gasteiger partial charge in [-0.2, -0.15) is 0 Å². The number of fused-ring (bicyclic) bond motifs is 4. The van der Waals surface area contributed by atoms with Crippen molar-refractivity contribution >= 4 is 22.4 Å². The van der Waals surface area contributed by atoms with Crippen LogP contribution in [0.5, 0.6) is 17.2 Å². The SMILES string of the molecule is Oc1c(Cl)ccc2c1[C@@H](O)[C@H]1O[C@H]1C21Oc2cccc3cccc(c23)O1. The molecule has 3 aliphatic rings. The van der Waals surface area contributed by atoms with Crippen molar-refractivity contribution in [1.29, 1.82) is 0 Å². The summed E-state index contributed by atoms with van der Waals surface area (Å²) >= 11 is 6.06. The van der Waals surface area contributed by atoms with Crippen molar-refractivity contribution in [2.45, 2.75) is 24.1 Å². The maximum absolute atomic E-state index is 10.6. The first-order valence-corrected chi connectivity index (χ1v) is 8.73. The lowest BCUT2D eigenvalue weighted by atomic mass is 9.83. The van der Waals surface area contributed by atoms with Crippen molar-refractivity contribution in [2.75, 3.05) is 0 Å². The summed E-state index contributed by atoms with van der Waals surface area (Å²) in [6.07, 6.45) is -1.98. The number of benzene rings is 3. The number of rotatable bonds is 0. The molecule has 6 heteroatoms. The Morgan fingerprint density at radius 2 is 1.65 bits per heavy atom. The molecular formula is C20H13ClO5. The Morgan fingerprint density at radius 1 is 0.962 bits per heavy atom. The molecule has 5 nitrogen and oxygen atoms in total. The second kappa shape index (κ2) is 4.62. The second-order valence-electron chi connectivity index (χ2n) is 6.81. The lowest BCUT2D eigenvalue weighted by Crippen LogP contribution is -2.50. The number of aliphatic hydroxyl groups excluding tert-OH is 1. The van der Waals surface area contributed by atoms with Crippen molar-refractivity contribution < 1.29 is 24.4 Å². The number of ether oxygens (including phenoxy) is 3. The molecule has 0 aromatic heterocycles. The minimum absolute atomic E-state index is 0.162. The van der Waals surface area contributed by atoms with Crippen LogP contribution >= 0.6 is 11.6 Å². The van der Waals surface area contributed by atoms with Crippen LogP contribution in [-0.4, -0.2) is 22.4 Å². The van der Waals surface area contributed by atoms with Gasteiger partial charge in [-0.25, -0.2) is 0 Å². The maximum atomic E-state index is 10.6. The molecule has 0 radical (unpaired) electrons. The minimum Gasteiger partial charge on any atom is -0.506 e. The van der Waals surface area contributed by atoms with E-state index in [0.29, 0.717) is 22.6 Å². The fourth-order valence-corrected chi connectivity index (χ4v) is 4.35. The topological polar surface area (TPSA) is 71.5 Å². The monoisotopic (exact) mass is 368 g/mol. The van der Waals surface area contributed by atoms with Gasteiger partial charge < -0.3 is 24.4 Å². The molecular weight excluding hydrogens is 356 g/mol. The molecule has 2 aliphatic heterocycles. The largest absolute Gasteiger partial charge is 0.506 e. The molecule has 2 N–H and O–H groups in total. The number of phenolic OH excluding ortho intramolecular Hbond substituents is 1. The van der Waals surface area contributed by atoms with Gasteiger partial charge in [0.1, 0.15) is 29.5 Å². The van der Waals surface area contributed by atoms with Gasteiger partial charge in [0.2, 0.25) is 0 Å². The zero-order chi connectivity index (χ0) is 17.6. The summed E-state index contributed by atoms with van der Waals surface area (Å²) in [6.45, 7) is 0. The minimum atomic E-state index is -1.27. The Bertz CT molecular complexity index is 1050. The fraction of sp³-hybridized carbons (Fsp3) is 0.200. The molecule has 2 heterocycles. The Hall–Kier alpha value is -2.47. The van der Waals surface area contributed by atoms with Crippen LogP contribution in [0.4, 0.5) is 0 Å². The van der Waals surface area contributed by atoms with Crippen LogP contribution in [0.2, 0.25) is 5.02 Å².